The predicted octanol–water partition coefficient (Wildman–Crippen LogP) is 3.31. The number of amides is 1. The predicted molar refractivity (Wildman–Crippen MR) is 125 cm³/mol. The molecule has 6 atom stereocenters. The first-order chi connectivity index (χ1) is 16.4. The van der Waals surface area contributed by atoms with Crippen molar-refractivity contribution in [2.75, 3.05) is 5.32 Å². The van der Waals surface area contributed by atoms with Gasteiger partial charge in [0.05, 0.1) is 26.9 Å². The van der Waals surface area contributed by atoms with Crippen LogP contribution in [0, 0.1) is 23.5 Å². The molecule has 4 N–H and O–H groups in total. The van der Waals surface area contributed by atoms with E-state index in [9.17, 15) is 37.3 Å². The average Bonchev–Trinajstić information content (AvgIpc) is 2.97. The highest BCUT2D eigenvalue weighted by Gasteiger charge is 2.59. The van der Waals surface area contributed by atoms with Gasteiger partial charge in [-0.2, -0.15) is 0 Å². The number of sulfone groups is 1. The standard InChI is InChI=1S/C24H26ClF2NO6S/c1-12(29)22(30)24(32)14-3-4-15(24)10-17(9-14)35(33,34)21-8-13(2-6-18(21)25)23(31)28-16-5-7-19(26)20(27)11-16/h2,5-8,11-12,14-15,17,22,29-30,32H,3-4,9-10H2,1H3,(H,28,31)/t12-,14-,15?,17?,22+,24?/m0/s1. The van der Waals surface area contributed by atoms with Crippen LogP contribution < -0.4 is 5.32 Å². The molecule has 2 aliphatic carbocycles. The minimum absolute atomic E-state index is 0.00642. The van der Waals surface area contributed by atoms with E-state index in [1.807, 2.05) is 0 Å². The van der Waals surface area contributed by atoms with Crippen LogP contribution in [0.1, 0.15) is 43.0 Å². The summed E-state index contributed by atoms with van der Waals surface area (Å²) in [7, 11) is -4.03. The Labute approximate surface area is 206 Å². The lowest BCUT2D eigenvalue weighted by molar-refractivity contribution is -0.172. The number of rotatable bonds is 6. The second kappa shape index (κ2) is 9.40. The molecule has 0 radical (unpaired) electrons. The number of halogens is 3. The number of fused-ring (bicyclic) bond motifs is 2. The number of aliphatic hydroxyl groups excluding tert-OH is 2. The van der Waals surface area contributed by atoms with E-state index in [0.717, 1.165) is 18.2 Å². The number of carbonyl (C=O) groups excluding carboxylic acids is 1. The maximum atomic E-state index is 13.6. The third-order valence-corrected chi connectivity index (χ3v) is 9.97. The van der Waals surface area contributed by atoms with Crippen molar-refractivity contribution < 1.29 is 37.3 Å². The molecular weight excluding hydrogens is 504 g/mol. The highest BCUT2D eigenvalue weighted by atomic mass is 35.5. The second-order valence-electron chi connectivity index (χ2n) is 9.41. The van der Waals surface area contributed by atoms with Crippen LogP contribution >= 0.6 is 11.6 Å². The zero-order valence-corrected chi connectivity index (χ0v) is 20.4. The summed E-state index contributed by atoms with van der Waals surface area (Å²) >= 11 is 6.21. The fourth-order valence-corrected chi connectivity index (χ4v) is 7.89. The molecule has 3 unspecified atom stereocenters. The van der Waals surface area contributed by atoms with Gasteiger partial charge in [0.15, 0.2) is 21.5 Å². The summed E-state index contributed by atoms with van der Waals surface area (Å²) in [6.07, 6.45) is -1.39. The number of nitrogens with one attached hydrogen (secondary N) is 1. The highest BCUT2D eigenvalue weighted by molar-refractivity contribution is 7.92. The number of carbonyl (C=O) groups is 1. The summed E-state index contributed by atoms with van der Waals surface area (Å²) in [6.45, 7) is 1.38. The number of hydrogen-bond acceptors (Lipinski definition) is 6. The van der Waals surface area contributed by atoms with Crippen LogP contribution in [0.2, 0.25) is 5.02 Å². The topological polar surface area (TPSA) is 124 Å². The van der Waals surface area contributed by atoms with Crippen LogP contribution in [0.25, 0.3) is 0 Å². The van der Waals surface area contributed by atoms with Gasteiger partial charge >= 0.3 is 0 Å². The maximum Gasteiger partial charge on any atom is 0.255 e. The maximum absolute atomic E-state index is 13.6. The molecule has 35 heavy (non-hydrogen) atoms. The molecule has 2 saturated carbocycles. The summed E-state index contributed by atoms with van der Waals surface area (Å²) in [6, 6.07) is 6.57. The van der Waals surface area contributed by atoms with E-state index in [2.05, 4.69) is 5.32 Å². The third kappa shape index (κ3) is 4.58. The molecule has 2 aromatic rings. The van der Waals surface area contributed by atoms with Gasteiger partial charge < -0.3 is 20.6 Å². The van der Waals surface area contributed by atoms with Crippen molar-refractivity contribution in [2.24, 2.45) is 11.8 Å². The largest absolute Gasteiger partial charge is 0.391 e. The SMILES string of the molecule is C[C@H](O)[C@@H](O)C1(O)C2CC[C@H]1CC(S(=O)(=O)c1cc(C(=O)Nc3ccc(F)c(F)c3)ccc1Cl)C2. The molecule has 0 aliphatic heterocycles. The zero-order chi connectivity index (χ0) is 25.7. The number of hydrogen-bond donors (Lipinski definition) is 4. The van der Waals surface area contributed by atoms with Crippen LogP contribution in [0.15, 0.2) is 41.3 Å². The van der Waals surface area contributed by atoms with Crippen molar-refractivity contribution in [3.63, 3.8) is 0 Å². The van der Waals surface area contributed by atoms with Gasteiger partial charge in [0, 0.05) is 17.3 Å². The average molecular weight is 530 g/mol. The molecule has 1 amide bonds. The Morgan fingerprint density at radius 3 is 2.29 bits per heavy atom. The fourth-order valence-electron chi connectivity index (χ4n) is 5.48. The van der Waals surface area contributed by atoms with Gasteiger partial charge in [0.2, 0.25) is 0 Å². The monoisotopic (exact) mass is 529 g/mol. The molecule has 2 bridgehead atoms. The zero-order valence-electron chi connectivity index (χ0n) is 18.8. The van der Waals surface area contributed by atoms with Gasteiger partial charge in [-0.05, 0) is 74.8 Å². The molecular formula is C24H26ClF2NO6S. The van der Waals surface area contributed by atoms with Crippen molar-refractivity contribution in [1.82, 2.24) is 0 Å². The van der Waals surface area contributed by atoms with Crippen LogP contribution in [0.5, 0.6) is 0 Å². The summed E-state index contributed by atoms with van der Waals surface area (Å²) in [5, 5.41) is 32.9. The van der Waals surface area contributed by atoms with Gasteiger partial charge in [0.1, 0.15) is 6.10 Å². The van der Waals surface area contributed by atoms with Crippen molar-refractivity contribution in [3.05, 3.63) is 58.6 Å². The molecule has 0 heterocycles. The smallest absolute Gasteiger partial charge is 0.255 e. The van der Waals surface area contributed by atoms with Crippen LogP contribution in [-0.2, 0) is 9.84 Å². The number of anilines is 1. The minimum Gasteiger partial charge on any atom is -0.391 e. The summed E-state index contributed by atoms with van der Waals surface area (Å²) in [5.41, 5.74) is -1.62. The molecule has 2 fully saturated rings. The van der Waals surface area contributed by atoms with E-state index >= 15 is 0 Å². The molecule has 0 aromatic heterocycles. The lowest BCUT2D eigenvalue weighted by Crippen LogP contribution is -2.58. The lowest BCUT2D eigenvalue weighted by Gasteiger charge is -2.46. The Hall–Kier alpha value is -2.11. The van der Waals surface area contributed by atoms with E-state index in [1.165, 1.54) is 25.1 Å². The summed E-state index contributed by atoms with van der Waals surface area (Å²) in [5.74, 6) is -4.00. The van der Waals surface area contributed by atoms with Crippen LogP contribution in [-0.4, -0.2) is 52.7 Å². The van der Waals surface area contributed by atoms with E-state index in [1.54, 1.807) is 0 Å². The Balaban J connectivity index is 1.59. The third-order valence-electron chi connectivity index (χ3n) is 7.31. The van der Waals surface area contributed by atoms with E-state index < -0.39 is 62.3 Å². The first-order valence-corrected chi connectivity index (χ1v) is 13.2. The minimum atomic E-state index is -4.03. The molecule has 2 aliphatic rings. The Morgan fingerprint density at radius 1 is 1.09 bits per heavy atom. The van der Waals surface area contributed by atoms with Gasteiger partial charge in [-0.25, -0.2) is 17.2 Å². The van der Waals surface area contributed by atoms with Crippen molar-refractivity contribution in [2.45, 2.75) is 60.6 Å². The Kier molecular flexibility index (Phi) is 6.98. The van der Waals surface area contributed by atoms with Gasteiger partial charge in [-0.3, -0.25) is 4.79 Å². The van der Waals surface area contributed by atoms with E-state index in [-0.39, 0.29) is 34.0 Å². The van der Waals surface area contributed by atoms with Gasteiger partial charge in [0.25, 0.3) is 5.91 Å². The molecule has 7 nitrogen and oxygen atoms in total. The molecule has 11 heteroatoms. The molecule has 2 aromatic carbocycles. The van der Waals surface area contributed by atoms with Crippen LogP contribution in [0.3, 0.4) is 0 Å². The first kappa shape index (κ1) is 26.0. The van der Waals surface area contributed by atoms with E-state index in [0.29, 0.717) is 12.8 Å². The number of benzene rings is 2. The van der Waals surface area contributed by atoms with Crippen molar-refractivity contribution in [3.8, 4) is 0 Å². The van der Waals surface area contributed by atoms with Gasteiger partial charge in [-0.1, -0.05) is 11.6 Å². The summed E-state index contributed by atoms with van der Waals surface area (Å²) in [4.78, 5) is 12.4. The molecule has 190 valence electrons. The molecule has 0 saturated heterocycles. The molecule has 0 spiro atoms. The lowest BCUT2D eigenvalue weighted by atomic mass is 9.70. The Bertz CT molecular complexity index is 1240. The normalized spacial score (nSPS) is 27.9. The number of aliphatic hydroxyl groups is 3. The fraction of sp³-hybridized carbons (Fsp3) is 0.458. The van der Waals surface area contributed by atoms with Crippen molar-refractivity contribution >= 4 is 33.0 Å². The quantitative estimate of drug-likeness (QED) is 0.455. The first-order valence-electron chi connectivity index (χ1n) is 11.2. The van der Waals surface area contributed by atoms with Crippen molar-refractivity contribution in [1.29, 1.82) is 0 Å². The second-order valence-corrected chi connectivity index (χ2v) is 12.0. The van der Waals surface area contributed by atoms with E-state index in [4.69, 9.17) is 11.6 Å². The Morgan fingerprint density at radius 2 is 1.71 bits per heavy atom. The highest BCUT2D eigenvalue weighted by Crippen LogP contribution is 2.54. The molecule has 4 rings (SSSR count). The van der Waals surface area contributed by atoms with Gasteiger partial charge in [-0.15, -0.1) is 0 Å². The summed E-state index contributed by atoms with van der Waals surface area (Å²) < 4.78 is 53.7. The van der Waals surface area contributed by atoms with Crippen LogP contribution in [0.4, 0.5) is 14.5 Å².